The molecule has 0 aliphatic heterocycles. The zero-order valence-corrected chi connectivity index (χ0v) is 16.3. The first kappa shape index (κ1) is 19.0. The number of hydrogen-bond acceptors (Lipinski definition) is 4. The van der Waals surface area contributed by atoms with Gasteiger partial charge in [0.15, 0.2) is 0 Å². The molecule has 0 unspecified atom stereocenters. The molecule has 0 spiro atoms. The number of para-hydroxylation sites is 1. The van der Waals surface area contributed by atoms with Crippen molar-refractivity contribution in [3.05, 3.63) is 53.0 Å². The summed E-state index contributed by atoms with van der Waals surface area (Å²) in [5.74, 6) is -0.419. The highest BCUT2D eigenvalue weighted by molar-refractivity contribution is 9.10. The van der Waals surface area contributed by atoms with Gasteiger partial charge in [0.25, 0.3) is 0 Å². The normalized spacial score (nSPS) is 12.6. The van der Waals surface area contributed by atoms with Crippen LogP contribution < -0.4 is 10.0 Å². The number of amides is 1. The molecule has 0 saturated carbocycles. The van der Waals surface area contributed by atoms with Crippen molar-refractivity contribution < 1.29 is 13.2 Å². The molecule has 0 aromatic heterocycles. The molecule has 2 N–H and O–H groups in total. The van der Waals surface area contributed by atoms with Gasteiger partial charge in [-0.25, -0.2) is 8.42 Å². The van der Waals surface area contributed by atoms with Crippen LogP contribution in [0.2, 0.25) is 0 Å². The number of carbonyl (C=O) groups excluding carboxylic acids is 1. The third-order valence-corrected chi connectivity index (χ3v) is 6.10. The van der Waals surface area contributed by atoms with E-state index in [0.29, 0.717) is 5.69 Å². The molecule has 2 aromatic rings. The molecule has 0 aliphatic carbocycles. The minimum atomic E-state index is -3.77. The largest absolute Gasteiger partial charge is 0.324 e. The van der Waals surface area contributed by atoms with Crippen LogP contribution in [0.5, 0.6) is 0 Å². The Morgan fingerprint density at radius 2 is 1.75 bits per heavy atom. The number of benzene rings is 2. The number of rotatable bonds is 6. The van der Waals surface area contributed by atoms with Crippen molar-refractivity contribution >= 4 is 49.3 Å². The van der Waals surface area contributed by atoms with Gasteiger partial charge in [0.2, 0.25) is 15.9 Å². The van der Waals surface area contributed by atoms with E-state index in [2.05, 4.69) is 26.0 Å². The molecular weight excluding hydrogens is 412 g/mol. The van der Waals surface area contributed by atoms with E-state index in [1.54, 1.807) is 18.2 Å². The Labute approximate surface area is 154 Å². The Balaban J connectivity index is 2.09. The van der Waals surface area contributed by atoms with Gasteiger partial charge < -0.3 is 5.32 Å². The van der Waals surface area contributed by atoms with Crippen LogP contribution in [0.25, 0.3) is 0 Å². The Kier molecular flexibility index (Phi) is 6.45. The summed E-state index contributed by atoms with van der Waals surface area (Å²) in [5.41, 5.74) is 0.657. The van der Waals surface area contributed by atoms with Crippen LogP contribution in [0, 0.1) is 0 Å². The number of nitrogens with one attached hydrogen (secondary N) is 2. The van der Waals surface area contributed by atoms with Crippen LogP contribution in [0.3, 0.4) is 0 Å². The predicted octanol–water partition coefficient (Wildman–Crippen LogP) is 3.48. The number of hydrogen-bond donors (Lipinski definition) is 2. The van der Waals surface area contributed by atoms with E-state index in [1.165, 1.54) is 30.8 Å². The Morgan fingerprint density at radius 3 is 2.38 bits per heavy atom. The molecule has 0 fully saturated rings. The monoisotopic (exact) mass is 428 g/mol. The molecule has 128 valence electrons. The first-order valence-corrected chi connectivity index (χ1v) is 10.6. The first-order chi connectivity index (χ1) is 11.3. The second-order valence-electron chi connectivity index (χ2n) is 4.99. The highest BCUT2D eigenvalue weighted by Crippen LogP contribution is 2.24. The standard InChI is InChI=1S/C16H17BrN2O3S2/c1-11(16(20)18-14-5-3-4-6-15(14)23-2)19-24(21,22)13-9-7-12(17)8-10-13/h3-11,19H,1-2H3,(H,18,20)/t11-/m1/s1. The van der Waals surface area contributed by atoms with Crippen molar-refractivity contribution in [3.63, 3.8) is 0 Å². The topological polar surface area (TPSA) is 75.3 Å². The average Bonchev–Trinajstić information content (AvgIpc) is 2.55. The molecular formula is C16H17BrN2O3S2. The molecule has 1 atom stereocenters. The summed E-state index contributed by atoms with van der Waals surface area (Å²) in [6.45, 7) is 1.51. The maximum Gasteiger partial charge on any atom is 0.242 e. The Hall–Kier alpha value is -1.35. The van der Waals surface area contributed by atoms with Crippen molar-refractivity contribution in [1.82, 2.24) is 4.72 Å². The first-order valence-electron chi connectivity index (χ1n) is 7.05. The van der Waals surface area contributed by atoms with E-state index < -0.39 is 22.0 Å². The lowest BCUT2D eigenvalue weighted by Crippen LogP contribution is -2.41. The van der Waals surface area contributed by atoms with Gasteiger partial charge in [0.1, 0.15) is 0 Å². The minimum Gasteiger partial charge on any atom is -0.324 e. The molecule has 0 saturated heterocycles. The molecule has 2 aromatic carbocycles. The van der Waals surface area contributed by atoms with Gasteiger partial charge in [0, 0.05) is 9.37 Å². The van der Waals surface area contributed by atoms with Crippen molar-refractivity contribution in [3.8, 4) is 0 Å². The molecule has 8 heteroatoms. The van der Waals surface area contributed by atoms with E-state index in [0.717, 1.165) is 9.37 Å². The summed E-state index contributed by atoms with van der Waals surface area (Å²) in [4.78, 5) is 13.3. The highest BCUT2D eigenvalue weighted by atomic mass is 79.9. The van der Waals surface area contributed by atoms with Crippen molar-refractivity contribution in [1.29, 1.82) is 0 Å². The third kappa shape index (κ3) is 4.83. The smallest absolute Gasteiger partial charge is 0.242 e. The van der Waals surface area contributed by atoms with Gasteiger partial charge >= 0.3 is 0 Å². The van der Waals surface area contributed by atoms with E-state index in [1.807, 2.05) is 24.5 Å². The van der Waals surface area contributed by atoms with E-state index >= 15 is 0 Å². The summed E-state index contributed by atoms with van der Waals surface area (Å²) < 4.78 is 27.8. The number of carbonyl (C=O) groups is 1. The Bertz CT molecular complexity index is 823. The van der Waals surface area contributed by atoms with Crippen LogP contribution in [0.15, 0.2) is 62.8 Å². The molecule has 0 heterocycles. The fourth-order valence-electron chi connectivity index (χ4n) is 1.96. The fraction of sp³-hybridized carbons (Fsp3) is 0.188. The number of sulfonamides is 1. The third-order valence-electron chi connectivity index (χ3n) is 3.21. The summed E-state index contributed by atoms with van der Waals surface area (Å²) >= 11 is 4.76. The summed E-state index contributed by atoms with van der Waals surface area (Å²) in [7, 11) is -3.77. The Morgan fingerprint density at radius 1 is 1.12 bits per heavy atom. The van der Waals surface area contributed by atoms with E-state index in [9.17, 15) is 13.2 Å². The molecule has 0 aliphatic rings. The van der Waals surface area contributed by atoms with Crippen LogP contribution in [0.4, 0.5) is 5.69 Å². The second-order valence-corrected chi connectivity index (χ2v) is 8.46. The lowest BCUT2D eigenvalue weighted by Gasteiger charge is -2.16. The van der Waals surface area contributed by atoms with Crippen molar-refractivity contribution in [2.45, 2.75) is 22.8 Å². The maximum atomic E-state index is 12.3. The zero-order valence-electron chi connectivity index (χ0n) is 13.1. The molecule has 5 nitrogen and oxygen atoms in total. The van der Waals surface area contributed by atoms with Crippen LogP contribution >= 0.6 is 27.7 Å². The summed E-state index contributed by atoms with van der Waals surface area (Å²) in [6.07, 6.45) is 1.91. The van der Waals surface area contributed by atoms with Crippen LogP contribution in [-0.2, 0) is 14.8 Å². The molecule has 2 rings (SSSR count). The van der Waals surface area contributed by atoms with E-state index in [4.69, 9.17) is 0 Å². The minimum absolute atomic E-state index is 0.106. The summed E-state index contributed by atoms with van der Waals surface area (Å²) in [5, 5.41) is 2.75. The van der Waals surface area contributed by atoms with Crippen molar-refractivity contribution in [2.24, 2.45) is 0 Å². The average molecular weight is 429 g/mol. The fourth-order valence-corrected chi connectivity index (χ4v) is 3.98. The van der Waals surface area contributed by atoms with Crippen LogP contribution in [-0.4, -0.2) is 26.6 Å². The molecule has 1 amide bonds. The predicted molar refractivity (Wildman–Crippen MR) is 101 cm³/mol. The van der Waals surface area contributed by atoms with Gasteiger partial charge in [0.05, 0.1) is 16.6 Å². The maximum absolute atomic E-state index is 12.3. The quantitative estimate of drug-likeness (QED) is 0.690. The lowest BCUT2D eigenvalue weighted by atomic mass is 10.3. The van der Waals surface area contributed by atoms with Crippen molar-refractivity contribution in [2.75, 3.05) is 11.6 Å². The van der Waals surface area contributed by atoms with Gasteiger partial charge in [-0.3, -0.25) is 4.79 Å². The van der Waals surface area contributed by atoms with Gasteiger partial charge in [-0.15, -0.1) is 11.8 Å². The lowest BCUT2D eigenvalue weighted by molar-refractivity contribution is -0.117. The number of halogens is 1. The molecule has 0 bridgehead atoms. The SMILES string of the molecule is CSc1ccccc1NC(=O)[C@@H](C)NS(=O)(=O)c1ccc(Br)cc1. The van der Waals surface area contributed by atoms with Gasteiger partial charge in [-0.2, -0.15) is 4.72 Å². The van der Waals surface area contributed by atoms with E-state index in [-0.39, 0.29) is 4.90 Å². The van der Waals surface area contributed by atoms with Gasteiger partial charge in [-0.05, 0) is 49.6 Å². The molecule has 0 radical (unpaired) electrons. The molecule has 24 heavy (non-hydrogen) atoms. The van der Waals surface area contributed by atoms with Gasteiger partial charge in [-0.1, -0.05) is 28.1 Å². The van der Waals surface area contributed by atoms with Crippen LogP contribution in [0.1, 0.15) is 6.92 Å². The highest BCUT2D eigenvalue weighted by Gasteiger charge is 2.22. The summed E-state index contributed by atoms with van der Waals surface area (Å²) in [6, 6.07) is 12.7. The number of anilines is 1. The second kappa shape index (κ2) is 8.15. The zero-order chi connectivity index (χ0) is 17.7. The number of thioether (sulfide) groups is 1.